The Morgan fingerprint density at radius 1 is 1.29 bits per heavy atom. The van der Waals surface area contributed by atoms with Crippen LogP contribution in [0.1, 0.15) is 20.8 Å². The fraction of sp³-hybridized carbons (Fsp3) is 0.750. The predicted octanol–water partition coefficient (Wildman–Crippen LogP) is -0.263. The molecule has 1 heterocycles. The minimum Gasteiger partial charge on any atom is -0.473 e. The molecule has 0 radical (unpaired) electrons. The number of rotatable bonds is 1. The third-order valence-corrected chi connectivity index (χ3v) is 2.31. The number of ether oxygens (including phenoxy) is 2. The molecule has 0 aliphatic carbocycles. The topological polar surface area (TPSA) is 139 Å². The number of carbonyl (C=O) groups excluding carboxylic acids is 1. The summed E-state index contributed by atoms with van der Waals surface area (Å²) in [5.41, 5.74) is 5.10. The first-order valence-electron chi connectivity index (χ1n) is 6.32. The van der Waals surface area contributed by atoms with Crippen LogP contribution in [0.25, 0.3) is 0 Å². The maximum Gasteiger partial charge on any atom is 0.414 e. The molecule has 0 aromatic carbocycles. The first-order valence-corrected chi connectivity index (χ1v) is 6.32. The summed E-state index contributed by atoms with van der Waals surface area (Å²) < 4.78 is 10.5. The molecule has 21 heavy (non-hydrogen) atoms. The van der Waals surface area contributed by atoms with Crippen molar-refractivity contribution >= 4 is 18.0 Å². The van der Waals surface area contributed by atoms with Crippen molar-refractivity contribution in [2.24, 2.45) is 5.73 Å². The van der Waals surface area contributed by atoms with E-state index in [1.54, 1.807) is 4.90 Å². The van der Waals surface area contributed by atoms with Gasteiger partial charge in [0.05, 0.1) is 19.3 Å². The van der Waals surface area contributed by atoms with Crippen LogP contribution < -0.4 is 5.73 Å². The molecule has 1 fully saturated rings. The molecule has 0 spiro atoms. The first kappa shape index (κ1) is 19.1. The van der Waals surface area contributed by atoms with Gasteiger partial charge in [0.25, 0.3) is 0 Å². The molecule has 9 heteroatoms. The van der Waals surface area contributed by atoms with Gasteiger partial charge in [-0.15, -0.1) is 0 Å². The van der Waals surface area contributed by atoms with Gasteiger partial charge in [-0.2, -0.15) is 0 Å². The number of aliphatic carboxylic acids is 2. The summed E-state index contributed by atoms with van der Waals surface area (Å²) >= 11 is 0. The van der Waals surface area contributed by atoms with Crippen LogP contribution in [0.15, 0.2) is 0 Å². The van der Waals surface area contributed by atoms with Gasteiger partial charge in [0.2, 0.25) is 0 Å². The smallest absolute Gasteiger partial charge is 0.414 e. The van der Waals surface area contributed by atoms with Gasteiger partial charge < -0.3 is 25.4 Å². The minimum atomic E-state index is -1.82. The lowest BCUT2D eigenvalue weighted by atomic mass is 10.2. The zero-order chi connectivity index (χ0) is 16.6. The van der Waals surface area contributed by atoms with E-state index in [0.29, 0.717) is 26.3 Å². The number of carbonyl (C=O) groups is 3. The second-order valence-electron chi connectivity index (χ2n) is 5.25. The highest BCUT2D eigenvalue weighted by Crippen LogP contribution is 2.13. The number of hydrogen-bond donors (Lipinski definition) is 3. The number of amides is 1. The molecule has 9 nitrogen and oxygen atoms in total. The summed E-state index contributed by atoms with van der Waals surface area (Å²) in [6.07, 6.45) is -0.304. The Hall–Kier alpha value is -1.87. The average molecular weight is 306 g/mol. The summed E-state index contributed by atoms with van der Waals surface area (Å²) in [6.45, 7) is 7.55. The van der Waals surface area contributed by atoms with E-state index in [0.717, 1.165) is 0 Å². The van der Waals surface area contributed by atoms with E-state index < -0.39 is 17.5 Å². The van der Waals surface area contributed by atoms with E-state index in [9.17, 15) is 4.79 Å². The highest BCUT2D eigenvalue weighted by Gasteiger charge is 2.29. The molecule has 0 aromatic heterocycles. The van der Waals surface area contributed by atoms with Crippen molar-refractivity contribution in [2.45, 2.75) is 32.4 Å². The number of morpholine rings is 1. The lowest BCUT2D eigenvalue weighted by molar-refractivity contribution is -0.159. The van der Waals surface area contributed by atoms with Gasteiger partial charge in [-0.05, 0) is 20.8 Å². The molecule has 1 aliphatic rings. The van der Waals surface area contributed by atoms with Crippen LogP contribution in [-0.4, -0.2) is 71.1 Å². The van der Waals surface area contributed by atoms with Crippen molar-refractivity contribution in [1.29, 1.82) is 0 Å². The van der Waals surface area contributed by atoms with Gasteiger partial charge in [-0.25, -0.2) is 14.4 Å². The molecule has 0 bridgehead atoms. The lowest BCUT2D eigenvalue weighted by Crippen LogP contribution is -2.53. The molecule has 1 rings (SSSR count). The van der Waals surface area contributed by atoms with E-state index in [4.69, 9.17) is 35.0 Å². The normalized spacial score (nSPS) is 18.3. The van der Waals surface area contributed by atoms with E-state index in [-0.39, 0.29) is 12.1 Å². The Balaban J connectivity index is 0.000000567. The zero-order valence-corrected chi connectivity index (χ0v) is 12.4. The van der Waals surface area contributed by atoms with Gasteiger partial charge in [0.1, 0.15) is 5.60 Å². The van der Waals surface area contributed by atoms with Crippen molar-refractivity contribution in [3.63, 3.8) is 0 Å². The fourth-order valence-corrected chi connectivity index (χ4v) is 1.41. The molecule has 4 N–H and O–H groups in total. The molecule has 0 unspecified atom stereocenters. The summed E-state index contributed by atoms with van der Waals surface area (Å²) in [5.74, 6) is -3.65. The summed E-state index contributed by atoms with van der Waals surface area (Å²) in [6, 6.07) is -0.0615. The number of carboxylic acids is 2. The second kappa shape index (κ2) is 8.42. The van der Waals surface area contributed by atoms with Gasteiger partial charge in [-0.1, -0.05) is 0 Å². The highest BCUT2D eigenvalue weighted by molar-refractivity contribution is 6.27. The average Bonchev–Trinajstić information content (AvgIpc) is 2.37. The Bertz CT molecular complexity index is 366. The van der Waals surface area contributed by atoms with Crippen molar-refractivity contribution in [3.8, 4) is 0 Å². The predicted molar refractivity (Wildman–Crippen MR) is 71.9 cm³/mol. The quantitative estimate of drug-likeness (QED) is 0.563. The Labute approximate surface area is 122 Å². The van der Waals surface area contributed by atoms with Crippen molar-refractivity contribution < 1.29 is 34.1 Å². The minimum absolute atomic E-state index is 0.0615. The Kier molecular flexibility index (Phi) is 7.67. The van der Waals surface area contributed by atoms with Gasteiger partial charge in [0.15, 0.2) is 0 Å². The van der Waals surface area contributed by atoms with Gasteiger partial charge in [0, 0.05) is 13.1 Å². The molecule has 122 valence electrons. The van der Waals surface area contributed by atoms with Crippen LogP contribution in [0.3, 0.4) is 0 Å². The molecule has 1 aliphatic heterocycles. The molecular formula is C12H22N2O7. The molecule has 0 aromatic rings. The molecule has 0 saturated carbocycles. The third-order valence-electron chi connectivity index (χ3n) is 2.31. The maximum atomic E-state index is 11.8. The standard InChI is InChI=1S/C10H20N2O3.C2H2O4/c1-10(2,3)15-9(13)12-4-5-14-7-8(12)6-11;3-1(4)2(5)6/h8H,4-7,11H2,1-3H3;(H,3,4)(H,5,6)/t8-;/m0./s1. The van der Waals surface area contributed by atoms with Crippen LogP contribution in [0.4, 0.5) is 4.79 Å². The zero-order valence-electron chi connectivity index (χ0n) is 12.4. The largest absolute Gasteiger partial charge is 0.473 e. The molecule has 1 saturated heterocycles. The van der Waals surface area contributed by atoms with Crippen molar-refractivity contribution in [2.75, 3.05) is 26.3 Å². The second-order valence-corrected chi connectivity index (χ2v) is 5.25. The van der Waals surface area contributed by atoms with Crippen LogP contribution in [-0.2, 0) is 19.1 Å². The van der Waals surface area contributed by atoms with E-state index in [2.05, 4.69) is 0 Å². The van der Waals surface area contributed by atoms with E-state index in [1.807, 2.05) is 20.8 Å². The van der Waals surface area contributed by atoms with Crippen molar-refractivity contribution in [1.82, 2.24) is 4.90 Å². The molecular weight excluding hydrogens is 284 g/mol. The summed E-state index contributed by atoms with van der Waals surface area (Å²) in [7, 11) is 0. The maximum absolute atomic E-state index is 11.8. The van der Waals surface area contributed by atoms with Gasteiger partial charge in [-0.3, -0.25) is 4.90 Å². The third kappa shape index (κ3) is 8.10. The van der Waals surface area contributed by atoms with Crippen LogP contribution >= 0.6 is 0 Å². The van der Waals surface area contributed by atoms with E-state index in [1.165, 1.54) is 0 Å². The number of nitrogens with zero attached hydrogens (tertiary/aromatic N) is 1. The Morgan fingerprint density at radius 3 is 2.19 bits per heavy atom. The monoisotopic (exact) mass is 306 g/mol. The lowest BCUT2D eigenvalue weighted by Gasteiger charge is -2.35. The van der Waals surface area contributed by atoms with Crippen LogP contribution in [0, 0.1) is 0 Å². The Morgan fingerprint density at radius 2 is 1.81 bits per heavy atom. The number of hydrogen-bond acceptors (Lipinski definition) is 6. The van der Waals surface area contributed by atoms with Crippen molar-refractivity contribution in [3.05, 3.63) is 0 Å². The highest BCUT2D eigenvalue weighted by atomic mass is 16.6. The van der Waals surface area contributed by atoms with E-state index >= 15 is 0 Å². The van der Waals surface area contributed by atoms with Crippen LogP contribution in [0.5, 0.6) is 0 Å². The number of carboxylic acid groups (broad SMARTS) is 2. The molecule has 1 amide bonds. The number of nitrogens with two attached hydrogens (primary N) is 1. The first-order chi connectivity index (χ1) is 9.58. The molecule has 1 atom stereocenters. The summed E-state index contributed by atoms with van der Waals surface area (Å²) in [5, 5.41) is 14.8. The fourth-order valence-electron chi connectivity index (χ4n) is 1.41. The van der Waals surface area contributed by atoms with Crippen LogP contribution in [0.2, 0.25) is 0 Å². The van der Waals surface area contributed by atoms with Gasteiger partial charge >= 0.3 is 18.0 Å². The SMILES string of the molecule is CC(C)(C)OC(=O)N1CCOC[C@@H]1CN.O=C(O)C(=O)O. The summed E-state index contributed by atoms with van der Waals surface area (Å²) in [4.78, 5) is 31.6.